The number of hydrogen-bond acceptors (Lipinski definition) is 3. The zero-order valence-corrected chi connectivity index (χ0v) is 12.8. The summed E-state index contributed by atoms with van der Waals surface area (Å²) in [5.41, 5.74) is 0.0481. The Balaban J connectivity index is 2.41. The largest absolute Gasteiger partial charge is 0.444 e. The Morgan fingerprint density at radius 1 is 1.33 bits per heavy atom. The van der Waals surface area contributed by atoms with E-state index in [2.05, 4.69) is 5.32 Å². The second-order valence-electron chi connectivity index (χ2n) is 5.74. The maximum absolute atomic E-state index is 13.0. The molecular weight excluding hydrogens is 275 g/mol. The highest BCUT2D eigenvalue weighted by Gasteiger charge is 2.20. The molecule has 0 aromatic heterocycles. The van der Waals surface area contributed by atoms with E-state index in [1.54, 1.807) is 32.9 Å². The minimum Gasteiger partial charge on any atom is -0.444 e. The van der Waals surface area contributed by atoms with Crippen molar-refractivity contribution in [3.8, 4) is 0 Å². The molecule has 21 heavy (non-hydrogen) atoms. The van der Waals surface area contributed by atoms with Gasteiger partial charge in [0.1, 0.15) is 18.0 Å². The SMILES string of the molecule is CN(CC(=O)NCc1cccc(F)c1)C(=O)OC(C)(C)C. The van der Waals surface area contributed by atoms with Gasteiger partial charge in [-0.25, -0.2) is 9.18 Å². The Hall–Kier alpha value is -2.11. The van der Waals surface area contributed by atoms with Crippen LogP contribution in [0.2, 0.25) is 0 Å². The summed E-state index contributed by atoms with van der Waals surface area (Å²) in [7, 11) is 1.48. The highest BCUT2D eigenvalue weighted by atomic mass is 19.1. The van der Waals surface area contributed by atoms with E-state index >= 15 is 0 Å². The van der Waals surface area contributed by atoms with E-state index in [9.17, 15) is 14.0 Å². The van der Waals surface area contributed by atoms with Crippen LogP contribution in [0.1, 0.15) is 26.3 Å². The third-order valence-corrected chi connectivity index (χ3v) is 2.46. The Morgan fingerprint density at radius 2 is 2.00 bits per heavy atom. The number of halogens is 1. The molecule has 0 radical (unpaired) electrons. The summed E-state index contributed by atoms with van der Waals surface area (Å²) in [6.07, 6.45) is -0.566. The van der Waals surface area contributed by atoms with Gasteiger partial charge in [-0.1, -0.05) is 12.1 Å². The smallest absolute Gasteiger partial charge is 0.410 e. The Kier molecular flexibility index (Phi) is 5.69. The first-order valence-electron chi connectivity index (χ1n) is 6.62. The highest BCUT2D eigenvalue weighted by Crippen LogP contribution is 2.09. The maximum atomic E-state index is 13.0. The molecule has 1 rings (SSSR count). The first kappa shape index (κ1) is 16.9. The topological polar surface area (TPSA) is 58.6 Å². The van der Waals surface area contributed by atoms with Gasteiger partial charge in [-0.3, -0.25) is 4.79 Å². The minimum absolute atomic E-state index is 0.121. The van der Waals surface area contributed by atoms with E-state index in [-0.39, 0.29) is 24.8 Å². The molecule has 0 heterocycles. The first-order valence-corrected chi connectivity index (χ1v) is 6.62. The molecule has 1 N–H and O–H groups in total. The Morgan fingerprint density at radius 3 is 2.57 bits per heavy atom. The van der Waals surface area contributed by atoms with E-state index in [0.29, 0.717) is 5.56 Å². The molecule has 2 amide bonds. The molecule has 116 valence electrons. The molecule has 0 atom stereocenters. The van der Waals surface area contributed by atoms with Gasteiger partial charge in [-0.2, -0.15) is 0 Å². The van der Waals surface area contributed by atoms with Crippen molar-refractivity contribution in [1.82, 2.24) is 10.2 Å². The third-order valence-electron chi connectivity index (χ3n) is 2.46. The van der Waals surface area contributed by atoms with Crippen LogP contribution in [0.15, 0.2) is 24.3 Å². The molecule has 1 aromatic carbocycles. The van der Waals surface area contributed by atoms with Crippen molar-refractivity contribution >= 4 is 12.0 Å². The zero-order valence-electron chi connectivity index (χ0n) is 12.8. The fraction of sp³-hybridized carbons (Fsp3) is 0.467. The van der Waals surface area contributed by atoms with Crippen molar-refractivity contribution in [3.05, 3.63) is 35.6 Å². The summed E-state index contributed by atoms with van der Waals surface area (Å²) in [5.74, 6) is -0.694. The molecule has 0 fully saturated rings. The van der Waals surface area contributed by atoms with Crippen LogP contribution in [-0.4, -0.2) is 36.1 Å². The number of amides is 2. The molecule has 0 bridgehead atoms. The Bertz CT molecular complexity index is 512. The zero-order chi connectivity index (χ0) is 16.0. The average Bonchev–Trinajstić information content (AvgIpc) is 2.34. The van der Waals surface area contributed by atoms with Gasteiger partial charge in [0.25, 0.3) is 0 Å². The normalized spacial score (nSPS) is 10.9. The van der Waals surface area contributed by atoms with Crippen molar-refractivity contribution in [2.75, 3.05) is 13.6 Å². The number of hydrogen-bond donors (Lipinski definition) is 1. The van der Waals surface area contributed by atoms with Crippen LogP contribution in [-0.2, 0) is 16.1 Å². The van der Waals surface area contributed by atoms with Crippen LogP contribution in [0.25, 0.3) is 0 Å². The summed E-state index contributed by atoms with van der Waals surface area (Å²) < 4.78 is 18.1. The average molecular weight is 296 g/mol. The molecule has 5 nitrogen and oxygen atoms in total. The summed E-state index contributed by atoms with van der Waals surface area (Å²) in [6.45, 7) is 5.34. The predicted molar refractivity (Wildman–Crippen MR) is 77.1 cm³/mol. The van der Waals surface area contributed by atoms with Crippen LogP contribution < -0.4 is 5.32 Å². The Labute approximate surface area is 124 Å². The lowest BCUT2D eigenvalue weighted by atomic mass is 10.2. The fourth-order valence-electron chi connectivity index (χ4n) is 1.52. The number of nitrogens with one attached hydrogen (secondary N) is 1. The van der Waals surface area contributed by atoms with Crippen molar-refractivity contribution in [1.29, 1.82) is 0 Å². The minimum atomic E-state index is -0.608. The van der Waals surface area contributed by atoms with Gasteiger partial charge >= 0.3 is 6.09 Å². The molecule has 0 saturated heterocycles. The second-order valence-corrected chi connectivity index (χ2v) is 5.74. The van der Waals surface area contributed by atoms with Gasteiger partial charge in [0.2, 0.25) is 5.91 Å². The van der Waals surface area contributed by atoms with Crippen LogP contribution in [0.4, 0.5) is 9.18 Å². The van der Waals surface area contributed by atoms with Crippen LogP contribution >= 0.6 is 0 Å². The standard InChI is InChI=1S/C15H21FN2O3/c1-15(2,3)21-14(20)18(4)10-13(19)17-9-11-6-5-7-12(16)8-11/h5-8H,9-10H2,1-4H3,(H,17,19). The summed E-state index contributed by atoms with van der Waals surface area (Å²) in [6, 6.07) is 5.96. The van der Waals surface area contributed by atoms with Crippen LogP contribution in [0.5, 0.6) is 0 Å². The number of ether oxygens (including phenoxy) is 1. The predicted octanol–water partition coefficient (Wildman–Crippen LogP) is 2.31. The molecular formula is C15H21FN2O3. The summed E-state index contributed by atoms with van der Waals surface area (Å²) in [5, 5.41) is 2.62. The lowest BCUT2D eigenvalue weighted by molar-refractivity contribution is -0.122. The number of nitrogens with zero attached hydrogens (tertiary/aromatic N) is 1. The van der Waals surface area contributed by atoms with Crippen molar-refractivity contribution in [3.63, 3.8) is 0 Å². The molecule has 0 aliphatic rings. The third kappa shape index (κ3) is 6.74. The van der Waals surface area contributed by atoms with E-state index in [1.165, 1.54) is 24.1 Å². The molecule has 6 heteroatoms. The van der Waals surface area contributed by atoms with Crippen LogP contribution in [0, 0.1) is 5.82 Å². The lowest BCUT2D eigenvalue weighted by Crippen LogP contribution is -2.40. The molecule has 1 aromatic rings. The van der Waals surface area contributed by atoms with Gasteiger partial charge < -0.3 is 15.0 Å². The number of carbonyl (C=O) groups is 2. The summed E-state index contributed by atoms with van der Waals surface area (Å²) in [4.78, 5) is 24.6. The quantitative estimate of drug-likeness (QED) is 0.927. The molecule has 0 saturated carbocycles. The van der Waals surface area contributed by atoms with Gasteiger partial charge in [0.05, 0.1) is 0 Å². The molecule has 0 aliphatic heterocycles. The second kappa shape index (κ2) is 7.06. The lowest BCUT2D eigenvalue weighted by Gasteiger charge is -2.24. The van der Waals surface area contributed by atoms with Gasteiger partial charge in [0.15, 0.2) is 0 Å². The van der Waals surface area contributed by atoms with Gasteiger partial charge in [-0.15, -0.1) is 0 Å². The molecule has 0 aliphatic carbocycles. The van der Waals surface area contributed by atoms with E-state index in [0.717, 1.165) is 0 Å². The molecule has 0 unspecified atom stereocenters. The monoisotopic (exact) mass is 296 g/mol. The number of benzene rings is 1. The maximum Gasteiger partial charge on any atom is 0.410 e. The van der Waals surface area contributed by atoms with Crippen molar-refractivity contribution in [2.45, 2.75) is 32.9 Å². The van der Waals surface area contributed by atoms with Crippen molar-refractivity contribution in [2.24, 2.45) is 0 Å². The van der Waals surface area contributed by atoms with E-state index < -0.39 is 11.7 Å². The van der Waals surface area contributed by atoms with E-state index in [4.69, 9.17) is 4.74 Å². The van der Waals surface area contributed by atoms with E-state index in [1.807, 2.05) is 0 Å². The molecule has 0 spiro atoms. The van der Waals surface area contributed by atoms with Crippen LogP contribution in [0.3, 0.4) is 0 Å². The summed E-state index contributed by atoms with van der Waals surface area (Å²) >= 11 is 0. The number of carbonyl (C=O) groups excluding carboxylic acids is 2. The number of rotatable bonds is 4. The van der Waals surface area contributed by atoms with Crippen molar-refractivity contribution < 1.29 is 18.7 Å². The first-order chi connectivity index (χ1) is 9.67. The highest BCUT2D eigenvalue weighted by molar-refractivity contribution is 5.82. The number of likely N-dealkylation sites (N-methyl/N-ethyl adjacent to an activating group) is 1. The van der Waals surface area contributed by atoms with Gasteiger partial charge in [0, 0.05) is 13.6 Å². The van der Waals surface area contributed by atoms with Gasteiger partial charge in [-0.05, 0) is 38.5 Å². The fourth-order valence-corrected chi connectivity index (χ4v) is 1.52.